The van der Waals surface area contributed by atoms with Crippen LogP contribution in [0.3, 0.4) is 0 Å². The van der Waals surface area contributed by atoms with E-state index in [9.17, 15) is 4.39 Å². The lowest BCUT2D eigenvalue weighted by Crippen LogP contribution is -2.49. The zero-order chi connectivity index (χ0) is 14.2. The molecule has 4 heteroatoms. The molecule has 1 spiro atoms. The Bertz CT molecular complexity index is 493. The predicted molar refractivity (Wildman–Crippen MR) is 75.4 cm³/mol. The summed E-state index contributed by atoms with van der Waals surface area (Å²) in [6.07, 6.45) is 2.89. The number of hydrogen-bond acceptors (Lipinski definition) is 3. The third-order valence-electron chi connectivity index (χ3n) is 4.32. The van der Waals surface area contributed by atoms with Crippen molar-refractivity contribution in [3.05, 3.63) is 29.6 Å². The van der Waals surface area contributed by atoms with Crippen LogP contribution >= 0.6 is 0 Å². The van der Waals surface area contributed by atoms with Crippen LogP contribution in [0.5, 0.6) is 5.75 Å². The molecule has 0 aliphatic carbocycles. The Kier molecular flexibility index (Phi) is 3.69. The lowest BCUT2D eigenvalue weighted by molar-refractivity contribution is -0.0967. The van der Waals surface area contributed by atoms with Gasteiger partial charge in [-0.05, 0) is 31.7 Å². The summed E-state index contributed by atoms with van der Waals surface area (Å²) in [4.78, 5) is 0. The molecule has 0 radical (unpaired) electrons. The number of hydrogen-bond donors (Lipinski definition) is 1. The number of fused-ring (bicyclic) bond motifs is 1. The highest BCUT2D eigenvalue weighted by Gasteiger charge is 2.43. The van der Waals surface area contributed by atoms with E-state index in [1.165, 1.54) is 6.07 Å². The maximum absolute atomic E-state index is 13.5. The summed E-state index contributed by atoms with van der Waals surface area (Å²) in [5, 5.41) is 3.47. The lowest BCUT2D eigenvalue weighted by atomic mass is 9.80. The average Bonchev–Trinajstić information content (AvgIpc) is 2.40. The molecule has 3 rings (SSSR count). The first kappa shape index (κ1) is 13.8. The van der Waals surface area contributed by atoms with Gasteiger partial charge in [-0.1, -0.05) is 6.92 Å². The van der Waals surface area contributed by atoms with Crippen molar-refractivity contribution in [3.63, 3.8) is 0 Å². The van der Waals surface area contributed by atoms with Crippen LogP contribution in [-0.4, -0.2) is 24.9 Å². The topological polar surface area (TPSA) is 30.5 Å². The highest BCUT2D eigenvalue weighted by molar-refractivity contribution is 5.39. The molecule has 0 amide bonds. The Morgan fingerprint density at radius 1 is 1.40 bits per heavy atom. The molecule has 3 atom stereocenters. The summed E-state index contributed by atoms with van der Waals surface area (Å²) >= 11 is 0. The molecule has 110 valence electrons. The third kappa shape index (κ3) is 2.54. The van der Waals surface area contributed by atoms with Crippen molar-refractivity contribution in [1.82, 2.24) is 5.32 Å². The molecule has 0 aromatic heterocycles. The molecule has 1 aromatic rings. The van der Waals surface area contributed by atoms with Crippen LogP contribution < -0.4 is 10.1 Å². The summed E-state index contributed by atoms with van der Waals surface area (Å²) in [5.41, 5.74) is 0.770. The fourth-order valence-corrected chi connectivity index (χ4v) is 3.48. The van der Waals surface area contributed by atoms with Gasteiger partial charge in [0.05, 0.1) is 12.7 Å². The summed E-state index contributed by atoms with van der Waals surface area (Å²) in [6, 6.07) is 4.99. The summed E-state index contributed by atoms with van der Waals surface area (Å²) < 4.78 is 25.4. The van der Waals surface area contributed by atoms with Gasteiger partial charge >= 0.3 is 0 Å². The second kappa shape index (κ2) is 5.34. The molecule has 2 aliphatic heterocycles. The van der Waals surface area contributed by atoms with Gasteiger partial charge < -0.3 is 14.8 Å². The van der Waals surface area contributed by atoms with Crippen LogP contribution in [0.15, 0.2) is 18.2 Å². The van der Waals surface area contributed by atoms with Gasteiger partial charge in [0.15, 0.2) is 0 Å². The van der Waals surface area contributed by atoms with Crippen LogP contribution in [0.2, 0.25) is 0 Å². The first-order valence-electron chi connectivity index (χ1n) is 7.45. The summed E-state index contributed by atoms with van der Waals surface area (Å²) in [5.74, 6) is 0.615. The van der Waals surface area contributed by atoms with Crippen molar-refractivity contribution in [1.29, 1.82) is 0 Å². The van der Waals surface area contributed by atoms with E-state index in [1.54, 1.807) is 12.1 Å². The minimum Gasteiger partial charge on any atom is -0.487 e. The number of halogens is 1. The molecule has 3 unspecified atom stereocenters. The van der Waals surface area contributed by atoms with Crippen molar-refractivity contribution >= 4 is 0 Å². The number of nitrogens with one attached hydrogen (secondary N) is 1. The smallest absolute Gasteiger partial charge is 0.125 e. The maximum atomic E-state index is 13.5. The molecule has 2 aliphatic rings. The van der Waals surface area contributed by atoms with Crippen LogP contribution in [0.25, 0.3) is 0 Å². The van der Waals surface area contributed by atoms with Gasteiger partial charge in [-0.15, -0.1) is 0 Å². The highest BCUT2D eigenvalue weighted by Crippen LogP contribution is 2.45. The van der Waals surface area contributed by atoms with Gasteiger partial charge in [0.2, 0.25) is 0 Å². The Morgan fingerprint density at radius 2 is 2.25 bits per heavy atom. The van der Waals surface area contributed by atoms with Gasteiger partial charge in [0.1, 0.15) is 17.2 Å². The first-order chi connectivity index (χ1) is 9.62. The van der Waals surface area contributed by atoms with E-state index in [0.29, 0.717) is 0 Å². The van der Waals surface area contributed by atoms with Crippen molar-refractivity contribution in [2.45, 2.75) is 50.9 Å². The molecule has 1 aromatic carbocycles. The van der Waals surface area contributed by atoms with Crippen LogP contribution in [0.4, 0.5) is 4.39 Å². The second-order valence-electron chi connectivity index (χ2n) is 5.92. The minimum absolute atomic E-state index is 0.157. The zero-order valence-electron chi connectivity index (χ0n) is 12.1. The van der Waals surface area contributed by atoms with E-state index in [4.69, 9.17) is 9.47 Å². The van der Waals surface area contributed by atoms with Crippen molar-refractivity contribution in [3.8, 4) is 5.75 Å². The maximum Gasteiger partial charge on any atom is 0.125 e. The molecule has 1 saturated heterocycles. The second-order valence-corrected chi connectivity index (χ2v) is 5.92. The normalized spacial score (nSPS) is 32.8. The average molecular weight is 279 g/mol. The molecular weight excluding hydrogens is 257 g/mol. The van der Waals surface area contributed by atoms with Crippen LogP contribution in [0, 0.1) is 5.82 Å². The van der Waals surface area contributed by atoms with E-state index in [1.807, 2.05) is 0 Å². The highest BCUT2D eigenvalue weighted by atomic mass is 19.1. The number of ether oxygens (including phenoxy) is 2. The van der Waals surface area contributed by atoms with E-state index >= 15 is 0 Å². The van der Waals surface area contributed by atoms with Gasteiger partial charge in [0, 0.05) is 30.9 Å². The van der Waals surface area contributed by atoms with Crippen molar-refractivity contribution in [2.24, 2.45) is 0 Å². The summed E-state index contributed by atoms with van der Waals surface area (Å²) in [7, 11) is 0. The Balaban J connectivity index is 1.94. The fraction of sp³-hybridized carbons (Fsp3) is 0.625. The minimum atomic E-state index is -0.202. The molecule has 20 heavy (non-hydrogen) atoms. The quantitative estimate of drug-likeness (QED) is 0.902. The van der Waals surface area contributed by atoms with E-state index in [-0.39, 0.29) is 23.6 Å². The lowest BCUT2D eigenvalue weighted by Gasteiger charge is -2.46. The molecule has 1 fully saturated rings. The fourth-order valence-electron chi connectivity index (χ4n) is 3.48. The first-order valence-corrected chi connectivity index (χ1v) is 7.45. The van der Waals surface area contributed by atoms with Gasteiger partial charge in [-0.25, -0.2) is 4.39 Å². The van der Waals surface area contributed by atoms with Crippen LogP contribution in [-0.2, 0) is 4.74 Å². The monoisotopic (exact) mass is 279 g/mol. The number of benzene rings is 1. The van der Waals surface area contributed by atoms with Crippen LogP contribution in [0.1, 0.15) is 44.7 Å². The molecule has 2 heterocycles. The Hall–Kier alpha value is -1.13. The third-order valence-corrected chi connectivity index (χ3v) is 4.32. The molecule has 1 N–H and O–H groups in total. The van der Waals surface area contributed by atoms with E-state index in [2.05, 4.69) is 19.2 Å². The van der Waals surface area contributed by atoms with Crippen molar-refractivity contribution < 1.29 is 13.9 Å². The zero-order valence-corrected chi connectivity index (χ0v) is 12.1. The van der Waals surface area contributed by atoms with Gasteiger partial charge in [-0.2, -0.15) is 0 Å². The van der Waals surface area contributed by atoms with Gasteiger partial charge in [0.25, 0.3) is 0 Å². The van der Waals surface area contributed by atoms with E-state index in [0.717, 1.165) is 43.7 Å². The molecule has 0 bridgehead atoms. The van der Waals surface area contributed by atoms with Crippen molar-refractivity contribution in [2.75, 3.05) is 13.2 Å². The molecular formula is C16H22FNO2. The number of rotatable bonds is 2. The van der Waals surface area contributed by atoms with E-state index < -0.39 is 0 Å². The SMILES string of the molecule is CCNC1CC2(CCOC(C)C2)Oc2ccc(F)cc21. The summed E-state index contributed by atoms with van der Waals surface area (Å²) in [6.45, 7) is 5.76. The Labute approximate surface area is 119 Å². The molecule has 3 nitrogen and oxygen atoms in total. The molecule has 0 saturated carbocycles. The largest absolute Gasteiger partial charge is 0.487 e. The van der Waals surface area contributed by atoms with Gasteiger partial charge in [-0.3, -0.25) is 0 Å². The standard InChI is InChI=1S/C16H22FNO2/c1-3-18-14-10-16(6-7-19-11(2)9-16)20-15-5-4-12(17)8-13(14)15/h4-5,8,11,14,18H,3,6-7,9-10H2,1-2H3. The Morgan fingerprint density at radius 3 is 3.00 bits per heavy atom. The predicted octanol–water partition coefficient (Wildman–Crippen LogP) is 3.20.